The summed E-state index contributed by atoms with van der Waals surface area (Å²) >= 11 is 3.37. The van der Waals surface area contributed by atoms with E-state index in [2.05, 4.69) is 15.9 Å². The first kappa shape index (κ1) is 12.2. The van der Waals surface area contributed by atoms with E-state index in [0.717, 1.165) is 15.6 Å². The highest BCUT2D eigenvalue weighted by molar-refractivity contribution is 9.10. The Morgan fingerprint density at radius 3 is 2.67 bits per heavy atom. The number of rotatable bonds is 4. The quantitative estimate of drug-likeness (QED) is 0.916. The summed E-state index contributed by atoms with van der Waals surface area (Å²) in [7, 11) is 1.41. The van der Waals surface area contributed by atoms with Gasteiger partial charge in [0.2, 0.25) is 0 Å². The molecule has 15 heavy (non-hydrogen) atoms. The number of hydrogen-bond donors (Lipinski definition) is 1. The van der Waals surface area contributed by atoms with E-state index in [1.807, 2.05) is 25.1 Å². The molecular weight excluding hydrogens is 260 g/mol. The largest absolute Gasteiger partial charge is 0.479 e. The average molecular weight is 273 g/mol. The Kier molecular flexibility index (Phi) is 4.29. The molecule has 82 valence electrons. The van der Waals surface area contributed by atoms with Gasteiger partial charge in [-0.3, -0.25) is 0 Å². The summed E-state index contributed by atoms with van der Waals surface area (Å²) < 4.78 is 5.84. The minimum atomic E-state index is -0.935. The third-order valence-corrected chi connectivity index (χ3v) is 2.54. The lowest BCUT2D eigenvalue weighted by atomic mass is 10.1. The number of aryl methyl sites for hydroxylation is 1. The van der Waals surface area contributed by atoms with Crippen LogP contribution in [0, 0.1) is 6.92 Å². The predicted molar refractivity (Wildman–Crippen MR) is 61.0 cm³/mol. The Hall–Kier alpha value is -0.870. The molecule has 0 spiro atoms. The first-order valence-corrected chi connectivity index (χ1v) is 5.34. The maximum absolute atomic E-state index is 10.8. The number of hydrogen-bond acceptors (Lipinski definition) is 2. The first-order valence-electron chi connectivity index (χ1n) is 4.54. The third kappa shape index (κ3) is 3.64. The minimum absolute atomic E-state index is 0.381. The van der Waals surface area contributed by atoms with Gasteiger partial charge >= 0.3 is 5.97 Å². The number of ether oxygens (including phenoxy) is 1. The van der Waals surface area contributed by atoms with Gasteiger partial charge in [-0.15, -0.1) is 0 Å². The molecule has 1 unspecified atom stereocenters. The molecule has 0 aliphatic heterocycles. The second-order valence-electron chi connectivity index (χ2n) is 3.40. The Balaban J connectivity index is 2.83. The van der Waals surface area contributed by atoms with Gasteiger partial charge in [0.05, 0.1) is 0 Å². The monoisotopic (exact) mass is 272 g/mol. The van der Waals surface area contributed by atoms with Crippen LogP contribution in [0.1, 0.15) is 11.1 Å². The summed E-state index contributed by atoms with van der Waals surface area (Å²) in [5.41, 5.74) is 2.05. The molecule has 0 saturated heterocycles. The van der Waals surface area contributed by atoms with Crippen LogP contribution in [0.3, 0.4) is 0 Å². The number of carboxylic acids is 1. The van der Waals surface area contributed by atoms with Crippen LogP contribution < -0.4 is 0 Å². The van der Waals surface area contributed by atoms with E-state index < -0.39 is 12.1 Å². The van der Waals surface area contributed by atoms with E-state index in [4.69, 9.17) is 9.84 Å². The second-order valence-corrected chi connectivity index (χ2v) is 4.32. The van der Waals surface area contributed by atoms with Crippen molar-refractivity contribution < 1.29 is 14.6 Å². The van der Waals surface area contributed by atoms with Crippen LogP contribution in [0.15, 0.2) is 22.7 Å². The zero-order valence-corrected chi connectivity index (χ0v) is 10.2. The summed E-state index contributed by atoms with van der Waals surface area (Å²) in [6, 6.07) is 5.84. The van der Waals surface area contributed by atoms with Crippen molar-refractivity contribution in [2.24, 2.45) is 0 Å². The number of carboxylic acid groups (broad SMARTS) is 1. The molecule has 4 heteroatoms. The molecule has 1 atom stereocenters. The fourth-order valence-corrected chi connectivity index (χ4v) is 2.07. The normalized spacial score (nSPS) is 12.5. The van der Waals surface area contributed by atoms with Crippen molar-refractivity contribution in [3.63, 3.8) is 0 Å². The SMILES string of the molecule is COC(Cc1cc(C)cc(Br)c1)C(=O)O. The van der Waals surface area contributed by atoms with Gasteiger partial charge in [-0.1, -0.05) is 22.0 Å². The van der Waals surface area contributed by atoms with Gasteiger partial charge in [0, 0.05) is 18.0 Å². The fourth-order valence-electron chi connectivity index (χ4n) is 1.42. The molecular formula is C11H13BrO3. The van der Waals surface area contributed by atoms with Crippen LogP contribution in [-0.2, 0) is 16.0 Å². The number of aliphatic carboxylic acids is 1. The van der Waals surface area contributed by atoms with Crippen molar-refractivity contribution in [3.8, 4) is 0 Å². The summed E-state index contributed by atoms with van der Waals surface area (Å²) in [4.78, 5) is 10.8. The van der Waals surface area contributed by atoms with E-state index in [1.165, 1.54) is 7.11 Å². The highest BCUT2D eigenvalue weighted by atomic mass is 79.9. The first-order chi connectivity index (χ1) is 7.02. The minimum Gasteiger partial charge on any atom is -0.479 e. The molecule has 0 aromatic heterocycles. The van der Waals surface area contributed by atoms with Gasteiger partial charge in [-0.2, -0.15) is 0 Å². The summed E-state index contributed by atoms with van der Waals surface area (Å²) in [6.45, 7) is 1.97. The average Bonchev–Trinajstić information content (AvgIpc) is 2.12. The maximum Gasteiger partial charge on any atom is 0.333 e. The van der Waals surface area contributed by atoms with Gasteiger partial charge in [-0.25, -0.2) is 4.79 Å². The van der Waals surface area contributed by atoms with Crippen LogP contribution in [0.5, 0.6) is 0 Å². The van der Waals surface area contributed by atoms with E-state index in [0.29, 0.717) is 6.42 Å². The molecule has 1 rings (SSSR count). The van der Waals surface area contributed by atoms with E-state index in [1.54, 1.807) is 0 Å². The van der Waals surface area contributed by atoms with E-state index in [9.17, 15) is 4.79 Å². The van der Waals surface area contributed by atoms with Crippen molar-refractivity contribution in [1.29, 1.82) is 0 Å². The Morgan fingerprint density at radius 1 is 1.53 bits per heavy atom. The Labute approximate surface area is 97.2 Å². The third-order valence-electron chi connectivity index (χ3n) is 2.08. The summed E-state index contributed by atoms with van der Waals surface area (Å²) in [5, 5.41) is 8.84. The molecule has 0 saturated carbocycles. The van der Waals surface area contributed by atoms with E-state index >= 15 is 0 Å². The van der Waals surface area contributed by atoms with Crippen LogP contribution in [0.25, 0.3) is 0 Å². The van der Waals surface area contributed by atoms with Crippen molar-refractivity contribution in [2.75, 3.05) is 7.11 Å². The summed E-state index contributed by atoms with van der Waals surface area (Å²) in [6.07, 6.45) is -0.398. The van der Waals surface area contributed by atoms with Gasteiger partial charge in [0.1, 0.15) is 0 Å². The molecule has 0 bridgehead atoms. The number of carbonyl (C=O) groups is 1. The zero-order valence-electron chi connectivity index (χ0n) is 8.66. The predicted octanol–water partition coefficient (Wildman–Crippen LogP) is 2.40. The topological polar surface area (TPSA) is 46.5 Å². The highest BCUT2D eigenvalue weighted by Gasteiger charge is 2.16. The fraction of sp³-hybridized carbons (Fsp3) is 0.364. The molecule has 0 aliphatic carbocycles. The molecule has 0 radical (unpaired) electrons. The van der Waals surface area contributed by atoms with Crippen LogP contribution in [0.2, 0.25) is 0 Å². The lowest BCUT2D eigenvalue weighted by Gasteiger charge is -2.11. The van der Waals surface area contributed by atoms with Gasteiger partial charge in [0.25, 0.3) is 0 Å². The highest BCUT2D eigenvalue weighted by Crippen LogP contribution is 2.17. The summed E-state index contributed by atoms with van der Waals surface area (Å²) in [5.74, 6) is -0.935. The van der Waals surface area contributed by atoms with Gasteiger partial charge < -0.3 is 9.84 Å². The van der Waals surface area contributed by atoms with Crippen molar-refractivity contribution in [1.82, 2.24) is 0 Å². The van der Waals surface area contributed by atoms with Crippen LogP contribution in [-0.4, -0.2) is 24.3 Å². The molecule has 1 aromatic rings. The van der Waals surface area contributed by atoms with Crippen molar-refractivity contribution >= 4 is 21.9 Å². The maximum atomic E-state index is 10.8. The Morgan fingerprint density at radius 2 is 2.20 bits per heavy atom. The lowest BCUT2D eigenvalue weighted by molar-refractivity contribution is -0.148. The number of benzene rings is 1. The smallest absolute Gasteiger partial charge is 0.333 e. The molecule has 0 aliphatic rings. The molecule has 0 amide bonds. The molecule has 0 heterocycles. The zero-order chi connectivity index (χ0) is 11.4. The standard InChI is InChI=1S/C11H13BrO3/c1-7-3-8(5-9(12)4-7)6-10(15-2)11(13)14/h3-5,10H,6H2,1-2H3,(H,13,14). The van der Waals surface area contributed by atoms with Crippen LogP contribution in [0.4, 0.5) is 0 Å². The van der Waals surface area contributed by atoms with Crippen molar-refractivity contribution in [2.45, 2.75) is 19.4 Å². The van der Waals surface area contributed by atoms with E-state index in [-0.39, 0.29) is 0 Å². The molecule has 3 nitrogen and oxygen atoms in total. The van der Waals surface area contributed by atoms with Crippen LogP contribution >= 0.6 is 15.9 Å². The Bertz CT molecular complexity index is 343. The number of halogens is 1. The molecule has 1 aromatic carbocycles. The lowest BCUT2D eigenvalue weighted by Crippen LogP contribution is -2.24. The van der Waals surface area contributed by atoms with Gasteiger partial charge in [0.15, 0.2) is 6.10 Å². The second kappa shape index (κ2) is 5.28. The molecule has 1 N–H and O–H groups in total. The number of methoxy groups -OCH3 is 1. The van der Waals surface area contributed by atoms with Gasteiger partial charge in [-0.05, 0) is 30.2 Å². The van der Waals surface area contributed by atoms with Crippen molar-refractivity contribution in [3.05, 3.63) is 33.8 Å². The molecule has 0 fully saturated rings.